The van der Waals surface area contributed by atoms with Crippen LogP contribution in [0.5, 0.6) is 11.6 Å². The molecule has 0 bridgehead atoms. The van der Waals surface area contributed by atoms with Crippen molar-refractivity contribution in [3.05, 3.63) is 46.3 Å². The maximum absolute atomic E-state index is 5.85. The van der Waals surface area contributed by atoms with Crippen molar-refractivity contribution in [2.24, 2.45) is 0 Å². The molecule has 0 aliphatic heterocycles. The molecule has 76 valence electrons. The van der Waals surface area contributed by atoms with Gasteiger partial charge in [0, 0.05) is 16.9 Å². The smallest absolute Gasteiger partial charge is 0.237 e. The first-order valence-electron chi connectivity index (χ1n) is 4.14. The van der Waals surface area contributed by atoms with E-state index < -0.39 is 0 Å². The maximum Gasteiger partial charge on any atom is 0.237 e. The normalized spacial score (nSPS) is 10.0. The molecule has 0 amide bonds. The molecule has 0 spiro atoms. The molecule has 1 aromatic carbocycles. The molecule has 15 heavy (non-hydrogen) atoms. The molecule has 1 heterocycles. The van der Waals surface area contributed by atoms with E-state index >= 15 is 0 Å². The van der Waals surface area contributed by atoms with Gasteiger partial charge in [0.25, 0.3) is 0 Å². The quantitative estimate of drug-likeness (QED) is 0.844. The summed E-state index contributed by atoms with van der Waals surface area (Å²) in [5.74, 6) is 1.11. The van der Waals surface area contributed by atoms with Gasteiger partial charge in [-0.3, -0.25) is 4.98 Å². The monoisotopic (exact) mass is 284 g/mol. The van der Waals surface area contributed by atoms with E-state index in [2.05, 4.69) is 25.9 Å². The van der Waals surface area contributed by atoms with Crippen molar-refractivity contribution in [2.75, 3.05) is 0 Å². The van der Waals surface area contributed by atoms with Gasteiger partial charge in [0.05, 0.1) is 11.2 Å². The van der Waals surface area contributed by atoms with Gasteiger partial charge in [-0.2, -0.15) is 0 Å². The van der Waals surface area contributed by atoms with E-state index in [0.717, 1.165) is 4.47 Å². The van der Waals surface area contributed by atoms with Gasteiger partial charge in [-0.15, -0.1) is 0 Å². The zero-order valence-electron chi connectivity index (χ0n) is 7.52. The van der Waals surface area contributed by atoms with Crippen molar-refractivity contribution in [1.29, 1.82) is 0 Å². The molecule has 0 saturated heterocycles. The zero-order chi connectivity index (χ0) is 10.7. The summed E-state index contributed by atoms with van der Waals surface area (Å²) in [6, 6.07) is 5.29. The summed E-state index contributed by atoms with van der Waals surface area (Å²) >= 11 is 9.16. The summed E-state index contributed by atoms with van der Waals surface area (Å²) in [5.41, 5.74) is 0. The van der Waals surface area contributed by atoms with E-state index in [9.17, 15) is 0 Å². The highest BCUT2D eigenvalue weighted by molar-refractivity contribution is 9.10. The fourth-order valence-electron chi connectivity index (χ4n) is 0.999. The lowest BCUT2D eigenvalue weighted by Gasteiger charge is -2.04. The number of nitrogens with zero attached hydrogens (tertiary/aromatic N) is 2. The van der Waals surface area contributed by atoms with E-state index in [-0.39, 0.29) is 0 Å². The fourth-order valence-corrected chi connectivity index (χ4v) is 1.47. The van der Waals surface area contributed by atoms with Crippen molar-refractivity contribution in [1.82, 2.24) is 9.97 Å². The van der Waals surface area contributed by atoms with Gasteiger partial charge >= 0.3 is 0 Å². The average molecular weight is 286 g/mol. The number of hydrogen-bond donors (Lipinski definition) is 0. The Hall–Kier alpha value is -1.13. The predicted molar refractivity (Wildman–Crippen MR) is 61.3 cm³/mol. The van der Waals surface area contributed by atoms with Gasteiger partial charge in [-0.25, -0.2) is 4.98 Å². The van der Waals surface area contributed by atoms with Gasteiger partial charge in [0.1, 0.15) is 5.75 Å². The van der Waals surface area contributed by atoms with Crippen LogP contribution in [0.25, 0.3) is 0 Å². The molecule has 2 aromatic rings. The van der Waals surface area contributed by atoms with Crippen LogP contribution in [0.15, 0.2) is 41.3 Å². The Labute approximate surface area is 100 Å². The van der Waals surface area contributed by atoms with E-state index in [1.165, 1.54) is 0 Å². The first kappa shape index (κ1) is 10.4. The Morgan fingerprint density at radius 3 is 2.80 bits per heavy atom. The minimum Gasteiger partial charge on any atom is -0.437 e. The first-order chi connectivity index (χ1) is 7.25. The zero-order valence-corrected chi connectivity index (χ0v) is 9.86. The third-order valence-electron chi connectivity index (χ3n) is 1.65. The predicted octanol–water partition coefficient (Wildman–Crippen LogP) is 3.68. The molecular formula is C10H6BrClN2O. The third-order valence-corrected chi connectivity index (χ3v) is 2.87. The molecule has 2 rings (SSSR count). The number of aromatic nitrogens is 2. The Morgan fingerprint density at radius 2 is 2.13 bits per heavy atom. The van der Waals surface area contributed by atoms with E-state index in [1.54, 1.807) is 36.8 Å². The van der Waals surface area contributed by atoms with Gasteiger partial charge in [-0.1, -0.05) is 11.6 Å². The van der Waals surface area contributed by atoms with Gasteiger partial charge < -0.3 is 4.74 Å². The van der Waals surface area contributed by atoms with Crippen molar-refractivity contribution in [2.45, 2.75) is 0 Å². The Kier molecular flexibility index (Phi) is 3.18. The topological polar surface area (TPSA) is 35.0 Å². The maximum atomic E-state index is 5.85. The van der Waals surface area contributed by atoms with E-state index in [1.807, 2.05) is 0 Å². The minimum atomic E-state index is 0.451. The van der Waals surface area contributed by atoms with Crippen LogP contribution in [0.3, 0.4) is 0 Å². The molecular weight excluding hydrogens is 279 g/mol. The second-order valence-corrected chi connectivity index (χ2v) is 3.98. The Balaban J connectivity index is 2.22. The largest absolute Gasteiger partial charge is 0.437 e. The molecule has 1 aromatic heterocycles. The van der Waals surface area contributed by atoms with Crippen molar-refractivity contribution in [3.8, 4) is 11.6 Å². The van der Waals surface area contributed by atoms with Crippen molar-refractivity contribution >= 4 is 27.5 Å². The SMILES string of the molecule is Clc1ccc(Oc2cnccn2)cc1Br. The summed E-state index contributed by atoms with van der Waals surface area (Å²) in [6.07, 6.45) is 4.70. The average Bonchev–Trinajstić information content (AvgIpc) is 2.25. The number of halogens is 2. The van der Waals surface area contributed by atoms with Crippen LogP contribution >= 0.6 is 27.5 Å². The van der Waals surface area contributed by atoms with Crippen LogP contribution in [0.2, 0.25) is 5.02 Å². The molecule has 0 aliphatic carbocycles. The van der Waals surface area contributed by atoms with Crippen molar-refractivity contribution in [3.63, 3.8) is 0 Å². The third kappa shape index (κ3) is 2.67. The molecule has 0 radical (unpaired) electrons. The van der Waals surface area contributed by atoms with Crippen LogP contribution in [-0.4, -0.2) is 9.97 Å². The molecule has 0 saturated carbocycles. The number of hydrogen-bond acceptors (Lipinski definition) is 3. The Morgan fingerprint density at radius 1 is 1.27 bits per heavy atom. The standard InChI is InChI=1S/C10H6BrClN2O/c11-8-5-7(1-2-9(8)12)15-10-6-13-3-4-14-10/h1-6H. The highest BCUT2D eigenvalue weighted by Crippen LogP contribution is 2.28. The van der Waals surface area contributed by atoms with E-state index in [0.29, 0.717) is 16.7 Å². The first-order valence-corrected chi connectivity index (χ1v) is 5.32. The summed E-state index contributed by atoms with van der Waals surface area (Å²) in [5, 5.41) is 0.640. The summed E-state index contributed by atoms with van der Waals surface area (Å²) < 4.78 is 6.23. The second kappa shape index (κ2) is 4.59. The fraction of sp³-hybridized carbons (Fsp3) is 0. The molecule has 0 aliphatic rings. The van der Waals surface area contributed by atoms with Gasteiger partial charge in [-0.05, 0) is 34.1 Å². The van der Waals surface area contributed by atoms with E-state index in [4.69, 9.17) is 16.3 Å². The molecule has 0 atom stereocenters. The number of ether oxygens (including phenoxy) is 1. The van der Waals surface area contributed by atoms with Crippen LogP contribution in [0.1, 0.15) is 0 Å². The van der Waals surface area contributed by atoms with Gasteiger partial charge in [0.15, 0.2) is 0 Å². The molecule has 0 N–H and O–H groups in total. The molecule has 0 fully saturated rings. The highest BCUT2D eigenvalue weighted by atomic mass is 79.9. The summed E-state index contributed by atoms with van der Waals surface area (Å²) in [7, 11) is 0. The lowest BCUT2D eigenvalue weighted by Crippen LogP contribution is -1.87. The summed E-state index contributed by atoms with van der Waals surface area (Å²) in [4.78, 5) is 7.89. The highest BCUT2D eigenvalue weighted by Gasteiger charge is 2.01. The summed E-state index contributed by atoms with van der Waals surface area (Å²) in [6.45, 7) is 0. The lowest BCUT2D eigenvalue weighted by atomic mass is 10.3. The Bertz CT molecular complexity index is 464. The number of rotatable bonds is 2. The molecule has 0 unspecified atom stereocenters. The van der Waals surface area contributed by atoms with Gasteiger partial charge in [0.2, 0.25) is 5.88 Å². The molecule has 3 nitrogen and oxygen atoms in total. The van der Waals surface area contributed by atoms with Crippen molar-refractivity contribution < 1.29 is 4.74 Å². The van der Waals surface area contributed by atoms with Crippen LogP contribution in [-0.2, 0) is 0 Å². The van der Waals surface area contributed by atoms with Crippen LogP contribution in [0.4, 0.5) is 0 Å². The lowest BCUT2D eigenvalue weighted by molar-refractivity contribution is 0.460. The number of benzene rings is 1. The minimum absolute atomic E-state index is 0.451. The van der Waals surface area contributed by atoms with Crippen LogP contribution < -0.4 is 4.74 Å². The van der Waals surface area contributed by atoms with Crippen LogP contribution in [0, 0.1) is 0 Å². The second-order valence-electron chi connectivity index (χ2n) is 2.72. The molecule has 5 heteroatoms.